The molecule has 1 aromatic carbocycles. The molecule has 2 aliphatic rings. The Bertz CT molecular complexity index is 1120. The number of anilines is 1. The molecule has 2 amide bonds. The van der Waals surface area contributed by atoms with Gasteiger partial charge in [0, 0.05) is 38.1 Å². The third-order valence-electron chi connectivity index (χ3n) is 6.54. The van der Waals surface area contributed by atoms with Gasteiger partial charge in [0.2, 0.25) is 15.9 Å². The summed E-state index contributed by atoms with van der Waals surface area (Å²) in [5.41, 5.74) is 3.13. The number of amides is 2. The highest BCUT2D eigenvalue weighted by Crippen LogP contribution is 2.27. The molecule has 4 rings (SSSR count). The maximum Gasteiger partial charge on any atom is 0.270 e. The van der Waals surface area contributed by atoms with Crippen molar-refractivity contribution in [1.29, 1.82) is 0 Å². The second-order valence-electron chi connectivity index (χ2n) is 8.69. The molecule has 1 atom stereocenters. The van der Waals surface area contributed by atoms with Crippen LogP contribution in [-0.2, 0) is 14.8 Å². The fourth-order valence-corrected chi connectivity index (χ4v) is 5.90. The van der Waals surface area contributed by atoms with Gasteiger partial charge in [-0.3, -0.25) is 9.59 Å². The first-order valence-corrected chi connectivity index (χ1v) is 12.6. The Kier molecular flexibility index (Phi) is 6.39. The fourth-order valence-electron chi connectivity index (χ4n) is 4.38. The monoisotopic (exact) mass is 458 g/mol. The summed E-state index contributed by atoms with van der Waals surface area (Å²) < 4.78 is 27.8. The van der Waals surface area contributed by atoms with E-state index in [1.807, 2.05) is 32.0 Å². The van der Waals surface area contributed by atoms with E-state index in [0.717, 1.165) is 29.7 Å². The molecule has 0 unspecified atom stereocenters. The minimum Gasteiger partial charge on any atom is -0.356 e. The van der Waals surface area contributed by atoms with Crippen molar-refractivity contribution in [3.05, 3.63) is 47.3 Å². The number of nitrogens with zero attached hydrogens (tertiary/aromatic N) is 2. The lowest BCUT2D eigenvalue weighted by molar-refractivity contribution is -0.120. The molecule has 0 saturated carbocycles. The number of H-pyrrole nitrogens is 1. The molecule has 9 heteroatoms. The summed E-state index contributed by atoms with van der Waals surface area (Å²) in [5, 5.41) is 2.97. The predicted octanol–water partition coefficient (Wildman–Crippen LogP) is 2.91. The van der Waals surface area contributed by atoms with Crippen LogP contribution in [-0.4, -0.2) is 60.6 Å². The Hall–Kier alpha value is -2.65. The van der Waals surface area contributed by atoms with Crippen LogP contribution >= 0.6 is 0 Å². The largest absolute Gasteiger partial charge is 0.356 e. The van der Waals surface area contributed by atoms with Gasteiger partial charge in [-0.1, -0.05) is 12.1 Å². The Balaban J connectivity index is 1.46. The number of nitrogens with one attached hydrogen (secondary N) is 2. The van der Waals surface area contributed by atoms with Crippen LogP contribution in [0.5, 0.6) is 0 Å². The lowest BCUT2D eigenvalue weighted by atomic mass is 9.98. The zero-order chi connectivity index (χ0) is 22.9. The van der Waals surface area contributed by atoms with E-state index >= 15 is 0 Å². The summed E-state index contributed by atoms with van der Waals surface area (Å²) in [7, 11) is -3.80. The van der Waals surface area contributed by atoms with Crippen molar-refractivity contribution < 1.29 is 18.0 Å². The molecular weight excluding hydrogens is 428 g/mol. The third-order valence-corrected chi connectivity index (χ3v) is 8.38. The van der Waals surface area contributed by atoms with E-state index in [1.165, 1.54) is 16.6 Å². The van der Waals surface area contributed by atoms with Crippen molar-refractivity contribution in [2.45, 2.75) is 44.4 Å². The molecule has 0 radical (unpaired) electrons. The lowest BCUT2D eigenvalue weighted by Crippen LogP contribution is -2.43. The van der Waals surface area contributed by atoms with Crippen molar-refractivity contribution in [3.8, 4) is 0 Å². The number of rotatable bonds is 5. The van der Waals surface area contributed by atoms with E-state index in [-0.39, 0.29) is 28.9 Å². The average molecular weight is 459 g/mol. The molecule has 8 nitrogen and oxygen atoms in total. The molecule has 2 aromatic rings. The van der Waals surface area contributed by atoms with Crippen molar-refractivity contribution in [2.75, 3.05) is 31.5 Å². The van der Waals surface area contributed by atoms with Gasteiger partial charge >= 0.3 is 0 Å². The van der Waals surface area contributed by atoms with Crippen molar-refractivity contribution in [1.82, 2.24) is 14.2 Å². The smallest absolute Gasteiger partial charge is 0.270 e. The molecule has 0 aliphatic carbocycles. The summed E-state index contributed by atoms with van der Waals surface area (Å²) in [6.45, 7) is 5.82. The highest BCUT2D eigenvalue weighted by molar-refractivity contribution is 7.89. The van der Waals surface area contributed by atoms with Gasteiger partial charge in [0.05, 0.1) is 5.92 Å². The summed E-state index contributed by atoms with van der Waals surface area (Å²) in [5.74, 6) is -0.769. The maximum atomic E-state index is 13.2. The van der Waals surface area contributed by atoms with Gasteiger partial charge < -0.3 is 15.2 Å². The Morgan fingerprint density at radius 2 is 1.84 bits per heavy atom. The second kappa shape index (κ2) is 9.07. The van der Waals surface area contributed by atoms with Gasteiger partial charge in [-0.05, 0) is 62.8 Å². The van der Waals surface area contributed by atoms with Crippen molar-refractivity contribution >= 4 is 27.5 Å². The Labute approximate surface area is 189 Å². The van der Waals surface area contributed by atoms with Crippen LogP contribution in [0.15, 0.2) is 35.4 Å². The topological polar surface area (TPSA) is 103 Å². The first-order valence-electron chi connectivity index (χ1n) is 11.1. The third kappa shape index (κ3) is 4.45. The highest BCUT2D eigenvalue weighted by Gasteiger charge is 2.34. The molecule has 0 bridgehead atoms. The number of aromatic nitrogens is 1. The van der Waals surface area contributed by atoms with Gasteiger partial charge in [0.15, 0.2) is 0 Å². The molecule has 2 N–H and O–H groups in total. The first-order chi connectivity index (χ1) is 15.3. The molecule has 3 heterocycles. The van der Waals surface area contributed by atoms with Gasteiger partial charge in [0.1, 0.15) is 10.6 Å². The standard InChI is InChI=1S/C23H30N4O4S/c1-16-7-5-9-20(17(16)2)25-22(28)18-8-6-12-27(15-18)32(30,31)19-13-21(24-14-19)23(29)26-10-3-4-11-26/h5,7,9,13-14,18,24H,3-4,6,8,10-12,15H2,1-2H3,(H,25,28)/t18-/m0/s1. The minimum atomic E-state index is -3.80. The summed E-state index contributed by atoms with van der Waals surface area (Å²) in [6.07, 6.45) is 4.55. The number of piperidine rings is 1. The number of hydrogen-bond donors (Lipinski definition) is 2. The number of carbonyl (C=O) groups excluding carboxylic acids is 2. The SMILES string of the molecule is Cc1cccc(NC(=O)[C@H]2CCCN(S(=O)(=O)c3c[nH]c(C(=O)N4CCCC4)c3)C2)c1C. The van der Waals surface area contributed by atoms with E-state index in [4.69, 9.17) is 0 Å². The number of aryl methyl sites for hydroxylation is 1. The van der Waals surface area contributed by atoms with Crippen molar-refractivity contribution in [3.63, 3.8) is 0 Å². The van der Waals surface area contributed by atoms with E-state index in [0.29, 0.717) is 32.5 Å². The molecule has 1 aromatic heterocycles. The van der Waals surface area contributed by atoms with Crippen LogP contribution in [0.2, 0.25) is 0 Å². The Morgan fingerprint density at radius 3 is 2.59 bits per heavy atom. The van der Waals surface area contributed by atoms with Gasteiger partial charge in [-0.15, -0.1) is 0 Å². The first kappa shape index (κ1) is 22.5. The number of hydrogen-bond acceptors (Lipinski definition) is 4. The molecule has 32 heavy (non-hydrogen) atoms. The highest BCUT2D eigenvalue weighted by atomic mass is 32.2. The van der Waals surface area contributed by atoms with E-state index in [1.54, 1.807) is 4.90 Å². The lowest BCUT2D eigenvalue weighted by Gasteiger charge is -2.31. The number of aromatic amines is 1. The zero-order valence-corrected chi connectivity index (χ0v) is 19.4. The average Bonchev–Trinajstić information content (AvgIpc) is 3.49. The molecule has 0 spiro atoms. The zero-order valence-electron chi connectivity index (χ0n) is 18.6. The van der Waals surface area contributed by atoms with Crippen LogP contribution in [0, 0.1) is 19.8 Å². The van der Waals surface area contributed by atoms with Crippen LogP contribution in [0.4, 0.5) is 5.69 Å². The van der Waals surface area contributed by atoms with Crippen molar-refractivity contribution in [2.24, 2.45) is 5.92 Å². The summed E-state index contributed by atoms with van der Waals surface area (Å²) in [6, 6.07) is 7.15. The summed E-state index contributed by atoms with van der Waals surface area (Å²) in [4.78, 5) is 30.1. The molecule has 2 aliphatic heterocycles. The van der Waals surface area contributed by atoms with E-state index in [2.05, 4.69) is 10.3 Å². The number of sulfonamides is 1. The number of likely N-dealkylation sites (tertiary alicyclic amines) is 1. The van der Waals surface area contributed by atoms with E-state index < -0.39 is 15.9 Å². The normalized spacial score (nSPS) is 19.8. The summed E-state index contributed by atoms with van der Waals surface area (Å²) >= 11 is 0. The molecule has 172 valence electrons. The van der Waals surface area contributed by atoms with Crippen LogP contribution < -0.4 is 5.32 Å². The minimum absolute atomic E-state index is 0.0654. The van der Waals surface area contributed by atoms with Gasteiger partial charge in [0.25, 0.3) is 5.91 Å². The van der Waals surface area contributed by atoms with Gasteiger partial charge in [-0.2, -0.15) is 4.31 Å². The van der Waals surface area contributed by atoms with Crippen LogP contribution in [0.1, 0.15) is 47.3 Å². The molecule has 2 saturated heterocycles. The van der Waals surface area contributed by atoms with Crippen LogP contribution in [0.25, 0.3) is 0 Å². The fraction of sp³-hybridized carbons (Fsp3) is 0.478. The van der Waals surface area contributed by atoms with E-state index in [9.17, 15) is 18.0 Å². The number of benzene rings is 1. The van der Waals surface area contributed by atoms with Gasteiger partial charge in [-0.25, -0.2) is 8.42 Å². The maximum absolute atomic E-state index is 13.2. The molecular formula is C23H30N4O4S. The number of carbonyl (C=O) groups is 2. The quantitative estimate of drug-likeness (QED) is 0.719. The Morgan fingerprint density at radius 1 is 1.09 bits per heavy atom. The van der Waals surface area contributed by atoms with Crippen LogP contribution in [0.3, 0.4) is 0 Å². The second-order valence-corrected chi connectivity index (χ2v) is 10.6. The molecule has 2 fully saturated rings. The predicted molar refractivity (Wildman–Crippen MR) is 122 cm³/mol.